The maximum absolute atomic E-state index is 12.2. The number of hydrogen-bond acceptors (Lipinski definition) is 5. The molecule has 1 saturated heterocycles. The number of nitrogens with zero attached hydrogens (tertiary/aromatic N) is 2. The number of piperidine rings is 1. The molecule has 1 N–H and O–H groups in total. The molecule has 1 fully saturated rings. The van der Waals surface area contributed by atoms with Gasteiger partial charge in [0.2, 0.25) is 5.91 Å². The van der Waals surface area contributed by atoms with Crippen molar-refractivity contribution in [2.24, 2.45) is 0 Å². The average molecular weight is 347 g/mol. The van der Waals surface area contributed by atoms with E-state index in [1.54, 1.807) is 11.1 Å². The van der Waals surface area contributed by atoms with E-state index in [9.17, 15) is 9.59 Å². The number of nitrogens with one attached hydrogen (secondary N) is 1. The largest absolute Gasteiger partial charge is 0.444 e. The number of ether oxygens (including phenoxy) is 2. The molecule has 2 amide bonds. The van der Waals surface area contributed by atoms with Crippen LogP contribution in [0.4, 0.5) is 10.6 Å². The van der Waals surface area contributed by atoms with Crippen LogP contribution in [0.2, 0.25) is 0 Å². The van der Waals surface area contributed by atoms with Crippen LogP contribution in [-0.4, -0.2) is 40.6 Å². The van der Waals surface area contributed by atoms with E-state index in [0.29, 0.717) is 38.4 Å². The van der Waals surface area contributed by atoms with Gasteiger partial charge in [0.1, 0.15) is 11.4 Å². The Morgan fingerprint density at radius 2 is 2.00 bits per heavy atom. The van der Waals surface area contributed by atoms with Crippen molar-refractivity contribution in [3.63, 3.8) is 0 Å². The Kier molecular flexibility index (Phi) is 4.45. The van der Waals surface area contributed by atoms with Gasteiger partial charge in [-0.05, 0) is 45.2 Å². The van der Waals surface area contributed by atoms with Gasteiger partial charge in [-0.1, -0.05) is 0 Å². The number of carbonyl (C=O) groups excluding carboxylic acids is 2. The van der Waals surface area contributed by atoms with Crippen molar-refractivity contribution in [2.45, 2.75) is 58.3 Å². The minimum Gasteiger partial charge on any atom is -0.444 e. The lowest BCUT2D eigenvalue weighted by molar-refractivity contribution is -0.114. The first-order valence-corrected chi connectivity index (χ1v) is 8.57. The molecule has 136 valence electrons. The lowest BCUT2D eigenvalue weighted by atomic mass is 9.85. The molecule has 1 aromatic rings. The number of rotatable bonds is 1. The molecule has 0 unspecified atom stereocenters. The quantitative estimate of drug-likeness (QED) is 0.845. The molecule has 7 heteroatoms. The summed E-state index contributed by atoms with van der Waals surface area (Å²) in [6.45, 7) is 8.72. The minimum absolute atomic E-state index is 0.147. The Balaban J connectivity index is 1.69. The third-order valence-corrected chi connectivity index (χ3v) is 4.51. The summed E-state index contributed by atoms with van der Waals surface area (Å²) in [5.74, 6) is 0.393. The molecule has 1 spiro atoms. The molecule has 2 aliphatic rings. The molecule has 3 rings (SSSR count). The second-order valence-corrected chi connectivity index (χ2v) is 7.66. The molecule has 3 heterocycles. The van der Waals surface area contributed by atoms with Gasteiger partial charge < -0.3 is 19.7 Å². The van der Waals surface area contributed by atoms with E-state index in [-0.39, 0.29) is 12.0 Å². The first-order valence-electron chi connectivity index (χ1n) is 8.57. The zero-order valence-corrected chi connectivity index (χ0v) is 15.2. The molecular formula is C18H25N3O4. The minimum atomic E-state index is -0.493. The molecule has 7 nitrogen and oxygen atoms in total. The van der Waals surface area contributed by atoms with Crippen LogP contribution in [0.3, 0.4) is 0 Å². The van der Waals surface area contributed by atoms with Gasteiger partial charge in [-0.25, -0.2) is 9.78 Å². The van der Waals surface area contributed by atoms with Gasteiger partial charge in [-0.2, -0.15) is 0 Å². The maximum Gasteiger partial charge on any atom is 0.410 e. The molecule has 25 heavy (non-hydrogen) atoms. The van der Waals surface area contributed by atoms with Crippen molar-refractivity contribution >= 4 is 17.8 Å². The Morgan fingerprint density at radius 1 is 1.32 bits per heavy atom. The highest BCUT2D eigenvalue weighted by atomic mass is 16.6. The average Bonchev–Trinajstić information content (AvgIpc) is 2.84. The molecule has 0 atom stereocenters. The van der Waals surface area contributed by atoms with E-state index >= 15 is 0 Å². The van der Waals surface area contributed by atoms with Crippen LogP contribution in [0.5, 0.6) is 0 Å². The van der Waals surface area contributed by atoms with Gasteiger partial charge in [0.05, 0.1) is 12.2 Å². The fraction of sp³-hybridized carbons (Fsp3) is 0.611. The number of likely N-dealkylation sites (tertiary alicyclic amines) is 1. The van der Waals surface area contributed by atoms with Gasteiger partial charge in [0, 0.05) is 31.8 Å². The van der Waals surface area contributed by atoms with E-state index in [4.69, 9.17) is 9.47 Å². The zero-order valence-electron chi connectivity index (χ0n) is 15.2. The molecule has 2 aliphatic heterocycles. The van der Waals surface area contributed by atoms with E-state index in [2.05, 4.69) is 10.3 Å². The summed E-state index contributed by atoms with van der Waals surface area (Å²) in [6.07, 6.45) is 2.93. The van der Waals surface area contributed by atoms with Crippen molar-refractivity contribution in [1.82, 2.24) is 9.88 Å². The summed E-state index contributed by atoms with van der Waals surface area (Å²) in [4.78, 5) is 29.5. The van der Waals surface area contributed by atoms with Crippen molar-refractivity contribution in [3.05, 3.63) is 23.4 Å². The van der Waals surface area contributed by atoms with E-state index in [1.807, 2.05) is 26.8 Å². The zero-order chi connectivity index (χ0) is 18.2. The summed E-state index contributed by atoms with van der Waals surface area (Å²) in [6, 6.07) is 1.87. The van der Waals surface area contributed by atoms with Crippen molar-refractivity contribution in [3.8, 4) is 0 Å². The summed E-state index contributed by atoms with van der Waals surface area (Å²) >= 11 is 0. The fourth-order valence-electron chi connectivity index (χ4n) is 3.36. The number of anilines is 1. The van der Waals surface area contributed by atoms with Crippen LogP contribution in [-0.2, 0) is 26.5 Å². The van der Waals surface area contributed by atoms with Gasteiger partial charge >= 0.3 is 6.09 Å². The maximum atomic E-state index is 12.2. The molecule has 0 bridgehead atoms. The fourth-order valence-corrected chi connectivity index (χ4v) is 3.36. The number of fused-ring (bicyclic) bond motifs is 2. The Labute approximate surface area is 147 Å². The van der Waals surface area contributed by atoms with Crippen molar-refractivity contribution in [2.75, 3.05) is 18.4 Å². The lowest BCUT2D eigenvalue weighted by Crippen LogP contribution is -2.46. The van der Waals surface area contributed by atoms with E-state index in [0.717, 1.165) is 11.1 Å². The summed E-state index contributed by atoms with van der Waals surface area (Å²) in [5.41, 5.74) is 1.22. The smallest absolute Gasteiger partial charge is 0.410 e. The van der Waals surface area contributed by atoms with Crippen LogP contribution in [0.1, 0.15) is 51.7 Å². The number of pyridine rings is 1. The van der Waals surface area contributed by atoms with Crippen LogP contribution < -0.4 is 5.32 Å². The SMILES string of the molecule is CC(=O)Nc1cc2c(cn1)C1(CCN(C(=O)OC(C)(C)C)CC1)OC2. The second-order valence-electron chi connectivity index (χ2n) is 7.66. The Morgan fingerprint density at radius 3 is 2.60 bits per heavy atom. The summed E-state index contributed by atoms with van der Waals surface area (Å²) in [5, 5.41) is 2.69. The topological polar surface area (TPSA) is 80.8 Å². The molecule has 0 saturated carbocycles. The summed E-state index contributed by atoms with van der Waals surface area (Å²) in [7, 11) is 0. The van der Waals surface area contributed by atoms with Gasteiger partial charge in [-0.3, -0.25) is 4.79 Å². The summed E-state index contributed by atoms with van der Waals surface area (Å²) < 4.78 is 11.6. The molecule has 0 radical (unpaired) electrons. The monoisotopic (exact) mass is 347 g/mol. The van der Waals surface area contributed by atoms with Gasteiger partial charge in [0.15, 0.2) is 0 Å². The van der Waals surface area contributed by atoms with Crippen molar-refractivity contribution < 1.29 is 19.1 Å². The third kappa shape index (κ3) is 3.76. The first kappa shape index (κ1) is 17.7. The van der Waals surface area contributed by atoms with Crippen LogP contribution in [0.15, 0.2) is 12.3 Å². The lowest BCUT2D eigenvalue weighted by Gasteiger charge is -2.39. The standard InChI is InChI=1S/C18H25N3O4/c1-12(22)20-15-9-13-11-24-18(14(13)10-19-15)5-7-21(8-6-18)16(23)25-17(2,3)4/h9-10H,5-8,11H2,1-4H3,(H,19,20,22). The van der Waals surface area contributed by atoms with E-state index in [1.165, 1.54) is 6.92 Å². The first-order chi connectivity index (χ1) is 11.7. The number of aromatic nitrogens is 1. The molecular weight excluding hydrogens is 322 g/mol. The molecule has 0 aliphatic carbocycles. The molecule has 1 aromatic heterocycles. The van der Waals surface area contributed by atoms with Crippen LogP contribution in [0, 0.1) is 0 Å². The highest BCUT2D eigenvalue weighted by Gasteiger charge is 2.44. The predicted molar refractivity (Wildman–Crippen MR) is 92.0 cm³/mol. The number of amides is 2. The highest BCUT2D eigenvalue weighted by Crippen LogP contribution is 2.44. The van der Waals surface area contributed by atoms with Crippen LogP contribution in [0.25, 0.3) is 0 Å². The van der Waals surface area contributed by atoms with Crippen molar-refractivity contribution in [1.29, 1.82) is 0 Å². The molecule has 0 aromatic carbocycles. The highest BCUT2D eigenvalue weighted by molar-refractivity contribution is 5.87. The normalized spacial score (nSPS) is 18.8. The Hall–Kier alpha value is -2.15. The van der Waals surface area contributed by atoms with Gasteiger partial charge in [-0.15, -0.1) is 0 Å². The second kappa shape index (κ2) is 6.29. The van der Waals surface area contributed by atoms with E-state index < -0.39 is 11.2 Å². The van der Waals surface area contributed by atoms with Crippen LogP contribution >= 0.6 is 0 Å². The third-order valence-electron chi connectivity index (χ3n) is 4.51. The number of hydrogen-bond donors (Lipinski definition) is 1. The predicted octanol–water partition coefficient (Wildman–Crippen LogP) is 2.80. The number of carbonyl (C=O) groups is 2. The van der Waals surface area contributed by atoms with Gasteiger partial charge in [0.25, 0.3) is 0 Å². The Bertz CT molecular complexity index is 688.